The number of alkyl halides is 6. The molecule has 2 heterocycles. The summed E-state index contributed by atoms with van der Waals surface area (Å²) in [5, 5.41) is 2.61. The van der Waals surface area contributed by atoms with Gasteiger partial charge in [-0.05, 0) is 75.9 Å². The van der Waals surface area contributed by atoms with E-state index in [1.807, 2.05) is 0 Å². The first-order chi connectivity index (χ1) is 23.7. The molecule has 0 bridgehead atoms. The number of hydrogen-bond donors (Lipinski definition) is 1. The standard InChI is InChI=1S/C18H19F4N3O3S.C15H15F4NO2S/c1-9-6-11(19)12(7-13(9)29-8-18(20,21)22)24-14(26)17(2,3)25(16(24)28)15(27)23-10-4-5-10;1-8-4-9(16)10(5-11(8)23-7-15(17,18)19)20-12(21)6-14(2,3)13(20)22/h6-7,10H,4-5,8H2,1-3H3,(H,23,27);4-5H,6-7H2,1-3H3. The normalized spacial score (nSPS) is 18.6. The number of carbonyl (C=O) groups excluding carboxylic acids is 5. The number of halogens is 8. The minimum Gasteiger partial charge on any atom is -0.335 e. The van der Waals surface area contributed by atoms with Crippen LogP contribution in [-0.2, 0) is 14.4 Å². The fraction of sp³-hybridized carbons (Fsp3) is 0.485. The summed E-state index contributed by atoms with van der Waals surface area (Å²) in [5.41, 5.74) is -2.74. The molecule has 5 rings (SSSR count). The van der Waals surface area contributed by atoms with Crippen LogP contribution < -0.4 is 15.1 Å². The van der Waals surface area contributed by atoms with Gasteiger partial charge in [0.2, 0.25) is 11.8 Å². The van der Waals surface area contributed by atoms with Gasteiger partial charge in [-0.15, -0.1) is 23.5 Å². The van der Waals surface area contributed by atoms with Crippen LogP contribution in [0.25, 0.3) is 0 Å². The molecule has 1 saturated carbocycles. The monoisotopic (exact) mass is 782 g/mol. The molecule has 9 nitrogen and oxygen atoms in total. The van der Waals surface area contributed by atoms with Crippen LogP contribution in [0.15, 0.2) is 34.1 Å². The van der Waals surface area contributed by atoms with Gasteiger partial charge in [-0.1, -0.05) is 13.8 Å². The largest absolute Gasteiger partial charge is 0.398 e. The highest BCUT2D eigenvalue weighted by Gasteiger charge is 2.56. The molecule has 3 aliphatic rings. The zero-order valence-electron chi connectivity index (χ0n) is 28.6. The smallest absolute Gasteiger partial charge is 0.335 e. The maximum absolute atomic E-state index is 14.6. The molecule has 2 saturated heterocycles. The Morgan fingerprint density at radius 3 is 1.60 bits per heavy atom. The van der Waals surface area contributed by atoms with Gasteiger partial charge in [0.25, 0.3) is 5.91 Å². The zero-order valence-corrected chi connectivity index (χ0v) is 30.3. The van der Waals surface area contributed by atoms with Gasteiger partial charge in [-0.3, -0.25) is 14.4 Å². The molecule has 0 aromatic heterocycles. The Balaban J connectivity index is 0.000000239. The van der Waals surface area contributed by atoms with Crippen molar-refractivity contribution in [2.75, 3.05) is 21.3 Å². The van der Waals surface area contributed by atoms with Gasteiger partial charge >= 0.3 is 24.4 Å². The Morgan fingerprint density at radius 1 is 0.769 bits per heavy atom. The van der Waals surface area contributed by atoms with E-state index in [0.29, 0.717) is 34.0 Å². The highest BCUT2D eigenvalue weighted by atomic mass is 32.2. The first-order valence-electron chi connectivity index (χ1n) is 15.6. The summed E-state index contributed by atoms with van der Waals surface area (Å²) in [6.45, 7) is 8.75. The summed E-state index contributed by atoms with van der Waals surface area (Å²) in [5.74, 6) is -6.05. The number of rotatable bonds is 7. The Bertz CT molecular complexity index is 1810. The Labute approximate surface area is 301 Å². The number of amides is 7. The third-order valence-electron chi connectivity index (χ3n) is 8.15. The molecule has 1 aliphatic carbocycles. The van der Waals surface area contributed by atoms with Crippen molar-refractivity contribution in [2.45, 2.75) is 94.5 Å². The Morgan fingerprint density at radius 2 is 1.21 bits per heavy atom. The number of imide groups is 3. The number of nitrogens with zero attached hydrogens (tertiary/aromatic N) is 3. The number of aryl methyl sites for hydroxylation is 2. The summed E-state index contributed by atoms with van der Waals surface area (Å²) in [6, 6.07) is 2.30. The van der Waals surface area contributed by atoms with Crippen molar-refractivity contribution in [1.29, 1.82) is 0 Å². The Hall–Kier alpha value is -3.87. The number of thioether (sulfide) groups is 2. The number of anilines is 2. The zero-order chi connectivity index (χ0) is 39.3. The van der Waals surface area contributed by atoms with E-state index in [4.69, 9.17) is 0 Å². The lowest BCUT2D eigenvalue weighted by Gasteiger charge is -2.25. The van der Waals surface area contributed by atoms with Gasteiger partial charge in [-0.2, -0.15) is 26.3 Å². The molecule has 2 aliphatic heterocycles. The summed E-state index contributed by atoms with van der Waals surface area (Å²) in [7, 11) is 0. The lowest BCUT2D eigenvalue weighted by molar-refractivity contribution is -0.124. The van der Waals surface area contributed by atoms with E-state index in [1.54, 1.807) is 13.8 Å². The molecular weight excluding hydrogens is 749 g/mol. The van der Waals surface area contributed by atoms with Crippen LogP contribution in [0.4, 0.5) is 56.1 Å². The van der Waals surface area contributed by atoms with Crippen LogP contribution in [0.5, 0.6) is 0 Å². The van der Waals surface area contributed by atoms with Crippen LogP contribution in [0, 0.1) is 30.9 Å². The maximum Gasteiger partial charge on any atom is 0.398 e. The number of urea groups is 2. The topological polar surface area (TPSA) is 107 Å². The van der Waals surface area contributed by atoms with E-state index < -0.39 is 81.9 Å². The number of carbonyl (C=O) groups is 5. The molecule has 1 N–H and O–H groups in total. The quantitative estimate of drug-likeness (QED) is 0.130. The second-order valence-electron chi connectivity index (χ2n) is 13.6. The van der Waals surface area contributed by atoms with Crippen LogP contribution >= 0.6 is 23.5 Å². The van der Waals surface area contributed by atoms with Gasteiger partial charge in [-0.25, -0.2) is 33.1 Å². The molecule has 0 atom stereocenters. The third-order valence-corrected chi connectivity index (χ3v) is 10.6. The van der Waals surface area contributed by atoms with E-state index in [2.05, 4.69) is 5.32 Å². The van der Waals surface area contributed by atoms with Crippen LogP contribution in [-0.4, -0.2) is 70.1 Å². The van der Waals surface area contributed by atoms with E-state index in [9.17, 15) is 59.1 Å². The number of benzene rings is 2. The van der Waals surface area contributed by atoms with Crippen LogP contribution in [0.2, 0.25) is 0 Å². The lowest BCUT2D eigenvalue weighted by Crippen LogP contribution is -2.52. The molecule has 0 spiro atoms. The van der Waals surface area contributed by atoms with Crippen molar-refractivity contribution in [3.63, 3.8) is 0 Å². The summed E-state index contributed by atoms with van der Waals surface area (Å²) >= 11 is 0.925. The summed E-state index contributed by atoms with van der Waals surface area (Å²) < 4.78 is 104. The van der Waals surface area contributed by atoms with E-state index in [-0.39, 0.29) is 33.5 Å². The highest BCUT2D eigenvalue weighted by molar-refractivity contribution is 7.99. The minimum absolute atomic E-state index is 0.0653. The van der Waals surface area contributed by atoms with Crippen molar-refractivity contribution in [3.05, 3.63) is 47.0 Å². The Kier molecular flexibility index (Phi) is 11.4. The van der Waals surface area contributed by atoms with Gasteiger partial charge < -0.3 is 5.32 Å². The van der Waals surface area contributed by atoms with Crippen molar-refractivity contribution in [3.8, 4) is 0 Å². The highest BCUT2D eigenvalue weighted by Crippen LogP contribution is 2.41. The van der Waals surface area contributed by atoms with E-state index in [1.165, 1.54) is 27.7 Å². The fourth-order valence-electron chi connectivity index (χ4n) is 5.26. The summed E-state index contributed by atoms with van der Waals surface area (Å²) in [6.07, 6.45) is -7.35. The predicted octanol–water partition coefficient (Wildman–Crippen LogP) is 8.29. The van der Waals surface area contributed by atoms with Crippen LogP contribution in [0.1, 0.15) is 58.1 Å². The fourth-order valence-corrected chi connectivity index (χ4v) is 6.87. The molecule has 3 fully saturated rings. The van der Waals surface area contributed by atoms with Gasteiger partial charge in [0.05, 0.1) is 28.3 Å². The molecule has 2 aromatic rings. The molecule has 2 aromatic carbocycles. The van der Waals surface area contributed by atoms with Gasteiger partial charge in [0, 0.05) is 22.3 Å². The molecular formula is C33H34F8N4O5S2. The average molecular weight is 783 g/mol. The lowest BCUT2D eigenvalue weighted by atomic mass is 9.92. The van der Waals surface area contributed by atoms with Crippen molar-refractivity contribution in [1.82, 2.24) is 10.2 Å². The summed E-state index contributed by atoms with van der Waals surface area (Å²) in [4.78, 5) is 64.7. The SMILES string of the molecule is Cc1cc(F)c(N2C(=O)CC(C)(C)C2=O)cc1SCC(F)(F)F.Cc1cc(F)c(N2C(=O)N(C(=O)NC3CC3)C(C)(C)C2=O)cc1SCC(F)(F)F. The maximum atomic E-state index is 14.6. The third kappa shape index (κ3) is 9.01. The number of nitrogens with one attached hydrogen (secondary N) is 1. The van der Waals surface area contributed by atoms with Crippen molar-refractivity contribution in [2.24, 2.45) is 5.41 Å². The second kappa shape index (κ2) is 14.5. The van der Waals surface area contributed by atoms with Crippen LogP contribution in [0.3, 0.4) is 0 Å². The van der Waals surface area contributed by atoms with Gasteiger partial charge in [0.1, 0.15) is 17.2 Å². The van der Waals surface area contributed by atoms with Crippen molar-refractivity contribution >= 4 is 64.7 Å². The van der Waals surface area contributed by atoms with E-state index in [0.717, 1.165) is 46.9 Å². The van der Waals surface area contributed by atoms with Gasteiger partial charge in [0.15, 0.2) is 0 Å². The molecule has 7 amide bonds. The average Bonchev–Trinajstić information content (AvgIpc) is 3.74. The molecule has 0 unspecified atom stereocenters. The second-order valence-corrected chi connectivity index (χ2v) is 15.6. The first kappa shape index (κ1) is 40.9. The predicted molar refractivity (Wildman–Crippen MR) is 177 cm³/mol. The van der Waals surface area contributed by atoms with E-state index >= 15 is 0 Å². The molecule has 0 radical (unpaired) electrons. The molecule has 284 valence electrons. The minimum atomic E-state index is -4.44. The molecule has 19 heteroatoms. The molecule has 52 heavy (non-hydrogen) atoms. The number of hydrogen-bond acceptors (Lipinski definition) is 7. The van der Waals surface area contributed by atoms with Crippen molar-refractivity contribution < 1.29 is 59.1 Å². The first-order valence-corrected chi connectivity index (χ1v) is 17.6.